The van der Waals surface area contributed by atoms with Crippen LogP contribution in [-0.2, 0) is 0 Å². The Morgan fingerprint density at radius 1 is 1.07 bits per heavy atom. The van der Waals surface area contributed by atoms with Gasteiger partial charge in [0.25, 0.3) is 0 Å². The van der Waals surface area contributed by atoms with Crippen LogP contribution < -0.4 is 5.73 Å². The van der Waals surface area contributed by atoms with Crippen molar-refractivity contribution in [2.24, 2.45) is 5.73 Å². The van der Waals surface area contributed by atoms with E-state index in [1.54, 1.807) is 0 Å². The van der Waals surface area contributed by atoms with E-state index in [9.17, 15) is 0 Å². The van der Waals surface area contributed by atoms with Crippen LogP contribution in [0.15, 0.2) is 0 Å². The molecule has 82 valence electrons. The lowest BCUT2D eigenvalue weighted by molar-refractivity contribution is 0.231. The summed E-state index contributed by atoms with van der Waals surface area (Å²) in [5, 5.41) is 0. The molecule has 0 aromatic carbocycles. The second-order valence-corrected chi connectivity index (χ2v) is 7.19. The van der Waals surface area contributed by atoms with Gasteiger partial charge in [-0.2, -0.15) is 0 Å². The highest BCUT2D eigenvalue weighted by atomic mass is 33.1. The Hall–Kier alpha value is 0.620. The summed E-state index contributed by atoms with van der Waals surface area (Å²) in [6.07, 6.45) is 5.16. The molecular formula is C10H20N2S2. The highest BCUT2D eigenvalue weighted by Crippen LogP contribution is 2.30. The lowest BCUT2D eigenvalue weighted by Crippen LogP contribution is -2.48. The van der Waals surface area contributed by atoms with E-state index in [0.29, 0.717) is 0 Å². The average Bonchev–Trinajstić information content (AvgIpc) is 2.43. The fourth-order valence-corrected chi connectivity index (χ4v) is 4.46. The fraction of sp³-hybridized carbons (Fsp3) is 1.00. The SMILES string of the molecule is NC1(CN2CCSSCC2)CCCC1. The molecule has 0 radical (unpaired) electrons. The Morgan fingerprint density at radius 2 is 1.64 bits per heavy atom. The maximum absolute atomic E-state index is 6.39. The van der Waals surface area contributed by atoms with E-state index in [-0.39, 0.29) is 5.54 Å². The molecule has 1 aliphatic heterocycles. The van der Waals surface area contributed by atoms with E-state index >= 15 is 0 Å². The number of nitrogens with two attached hydrogens (primary N) is 1. The zero-order valence-corrected chi connectivity index (χ0v) is 10.3. The number of nitrogens with zero attached hydrogens (tertiary/aromatic N) is 1. The minimum Gasteiger partial charge on any atom is -0.324 e. The number of hydrogen-bond donors (Lipinski definition) is 1. The van der Waals surface area contributed by atoms with Crippen LogP contribution in [0.3, 0.4) is 0 Å². The van der Waals surface area contributed by atoms with Crippen LogP contribution in [0.25, 0.3) is 0 Å². The van der Waals surface area contributed by atoms with Crippen molar-refractivity contribution in [1.29, 1.82) is 0 Å². The van der Waals surface area contributed by atoms with Gasteiger partial charge in [0.1, 0.15) is 0 Å². The molecule has 14 heavy (non-hydrogen) atoms. The Labute approximate surface area is 94.8 Å². The highest BCUT2D eigenvalue weighted by Gasteiger charge is 2.31. The molecule has 0 bridgehead atoms. The van der Waals surface area contributed by atoms with Crippen LogP contribution in [0, 0.1) is 0 Å². The Morgan fingerprint density at radius 3 is 2.21 bits per heavy atom. The lowest BCUT2D eigenvalue weighted by Gasteiger charge is -2.31. The predicted molar refractivity (Wildman–Crippen MR) is 66.7 cm³/mol. The summed E-state index contributed by atoms with van der Waals surface area (Å²) in [4.78, 5) is 2.57. The molecule has 0 aromatic rings. The molecule has 2 nitrogen and oxygen atoms in total. The minimum absolute atomic E-state index is 0.152. The normalized spacial score (nSPS) is 28.9. The molecule has 1 saturated heterocycles. The second-order valence-electron chi connectivity index (χ2n) is 4.49. The summed E-state index contributed by atoms with van der Waals surface area (Å²) >= 11 is 0. The molecule has 0 unspecified atom stereocenters. The van der Waals surface area contributed by atoms with E-state index in [1.807, 2.05) is 21.6 Å². The highest BCUT2D eigenvalue weighted by molar-refractivity contribution is 8.76. The zero-order valence-electron chi connectivity index (χ0n) is 8.71. The van der Waals surface area contributed by atoms with Crippen LogP contribution in [0.1, 0.15) is 25.7 Å². The van der Waals surface area contributed by atoms with E-state index in [2.05, 4.69) is 4.90 Å². The molecule has 2 aliphatic rings. The molecule has 2 rings (SSSR count). The molecule has 0 atom stereocenters. The summed E-state index contributed by atoms with van der Waals surface area (Å²) in [7, 11) is 4.02. The van der Waals surface area contributed by atoms with Crippen molar-refractivity contribution in [3.8, 4) is 0 Å². The topological polar surface area (TPSA) is 29.3 Å². The van der Waals surface area contributed by atoms with Gasteiger partial charge in [-0.25, -0.2) is 0 Å². The van der Waals surface area contributed by atoms with E-state index in [1.165, 1.54) is 50.3 Å². The maximum Gasteiger partial charge on any atom is 0.0283 e. The first kappa shape index (κ1) is 11.1. The number of hydrogen-bond acceptors (Lipinski definition) is 4. The average molecular weight is 232 g/mol. The van der Waals surface area contributed by atoms with E-state index in [4.69, 9.17) is 5.73 Å². The van der Waals surface area contributed by atoms with Crippen LogP contribution in [0.5, 0.6) is 0 Å². The molecule has 1 aliphatic carbocycles. The van der Waals surface area contributed by atoms with Crippen LogP contribution >= 0.6 is 21.6 Å². The summed E-state index contributed by atoms with van der Waals surface area (Å²) in [6, 6.07) is 0. The quantitative estimate of drug-likeness (QED) is 0.737. The van der Waals surface area contributed by atoms with Gasteiger partial charge in [-0.05, 0) is 12.8 Å². The number of rotatable bonds is 2. The van der Waals surface area contributed by atoms with Gasteiger partial charge in [0, 0.05) is 36.7 Å². The fourth-order valence-electron chi connectivity index (χ4n) is 2.40. The van der Waals surface area contributed by atoms with Gasteiger partial charge in [-0.15, -0.1) is 0 Å². The van der Waals surface area contributed by atoms with E-state index in [0.717, 1.165) is 6.54 Å². The summed E-state index contributed by atoms with van der Waals surface area (Å²) in [5.41, 5.74) is 6.54. The molecule has 0 spiro atoms. The van der Waals surface area contributed by atoms with Crippen LogP contribution in [0.4, 0.5) is 0 Å². The van der Waals surface area contributed by atoms with Gasteiger partial charge in [0.2, 0.25) is 0 Å². The maximum atomic E-state index is 6.39. The first-order chi connectivity index (χ1) is 6.79. The van der Waals surface area contributed by atoms with Crippen molar-refractivity contribution < 1.29 is 0 Å². The molecule has 1 saturated carbocycles. The molecule has 0 aromatic heterocycles. The van der Waals surface area contributed by atoms with Gasteiger partial charge in [0.15, 0.2) is 0 Å². The standard InChI is InChI=1S/C10H20N2S2/c11-10(3-1-2-4-10)9-12-5-7-13-14-8-6-12/h1-9,11H2. The summed E-state index contributed by atoms with van der Waals surface area (Å²) in [6.45, 7) is 3.60. The summed E-state index contributed by atoms with van der Waals surface area (Å²) < 4.78 is 0. The Kier molecular flexibility index (Phi) is 4.05. The molecule has 4 heteroatoms. The van der Waals surface area contributed by atoms with Gasteiger partial charge in [-0.1, -0.05) is 34.4 Å². The van der Waals surface area contributed by atoms with Crippen molar-refractivity contribution >= 4 is 21.6 Å². The zero-order chi connectivity index (χ0) is 9.86. The molecule has 2 N–H and O–H groups in total. The van der Waals surface area contributed by atoms with Crippen molar-refractivity contribution in [3.05, 3.63) is 0 Å². The monoisotopic (exact) mass is 232 g/mol. The molecule has 0 amide bonds. The van der Waals surface area contributed by atoms with Crippen LogP contribution in [0.2, 0.25) is 0 Å². The van der Waals surface area contributed by atoms with Crippen LogP contribution in [-0.4, -0.2) is 41.6 Å². The lowest BCUT2D eigenvalue weighted by atomic mass is 9.98. The van der Waals surface area contributed by atoms with Gasteiger partial charge in [0.05, 0.1) is 0 Å². The van der Waals surface area contributed by atoms with Gasteiger partial charge >= 0.3 is 0 Å². The Balaban J connectivity index is 1.82. The Bertz CT molecular complexity index is 173. The first-order valence-electron chi connectivity index (χ1n) is 5.54. The smallest absolute Gasteiger partial charge is 0.0283 e. The third-order valence-electron chi connectivity index (χ3n) is 3.20. The van der Waals surface area contributed by atoms with Gasteiger partial charge in [-0.3, -0.25) is 4.90 Å². The first-order valence-corrected chi connectivity index (χ1v) is 8.03. The second kappa shape index (κ2) is 5.10. The molecule has 1 heterocycles. The molecule has 2 fully saturated rings. The van der Waals surface area contributed by atoms with Crippen molar-refractivity contribution in [2.75, 3.05) is 31.1 Å². The van der Waals surface area contributed by atoms with E-state index < -0.39 is 0 Å². The largest absolute Gasteiger partial charge is 0.324 e. The molecular weight excluding hydrogens is 212 g/mol. The predicted octanol–water partition coefficient (Wildman–Crippen LogP) is 1.95. The summed E-state index contributed by atoms with van der Waals surface area (Å²) in [5.74, 6) is 2.53. The minimum atomic E-state index is 0.152. The van der Waals surface area contributed by atoms with Crippen molar-refractivity contribution in [1.82, 2.24) is 4.90 Å². The third-order valence-corrected chi connectivity index (χ3v) is 5.57. The van der Waals surface area contributed by atoms with Crippen molar-refractivity contribution in [3.63, 3.8) is 0 Å². The third kappa shape index (κ3) is 3.05. The van der Waals surface area contributed by atoms with Crippen molar-refractivity contribution in [2.45, 2.75) is 31.2 Å². The van der Waals surface area contributed by atoms with Gasteiger partial charge < -0.3 is 5.73 Å².